The first-order valence-corrected chi connectivity index (χ1v) is 7.33. The molecule has 0 spiro atoms. The van der Waals surface area contributed by atoms with E-state index in [-0.39, 0.29) is 24.6 Å². The Kier molecular flexibility index (Phi) is 3.95. The van der Waals surface area contributed by atoms with Gasteiger partial charge in [-0.15, -0.1) is 0 Å². The zero-order valence-electron chi connectivity index (χ0n) is 12.1. The van der Waals surface area contributed by atoms with Gasteiger partial charge in [0.25, 0.3) is 5.91 Å². The highest BCUT2D eigenvalue weighted by Crippen LogP contribution is 2.37. The molecule has 0 bridgehead atoms. The third-order valence-corrected chi connectivity index (χ3v) is 3.82. The van der Waals surface area contributed by atoms with Crippen molar-refractivity contribution in [2.24, 2.45) is 0 Å². The van der Waals surface area contributed by atoms with Crippen molar-refractivity contribution in [2.45, 2.75) is 37.4 Å². The minimum atomic E-state index is -4.44. The minimum Gasteiger partial charge on any atom is -0.339 e. The third kappa shape index (κ3) is 3.77. The molecule has 2 amide bonds. The summed E-state index contributed by atoms with van der Waals surface area (Å²) in [6.45, 7) is -1.32. The number of nitrogens with one attached hydrogen (secondary N) is 1. The number of amides is 2. The Balaban J connectivity index is 1.62. The molecule has 1 saturated heterocycles. The molecule has 0 radical (unpaired) electrons. The third-order valence-electron chi connectivity index (χ3n) is 3.82. The van der Waals surface area contributed by atoms with Crippen molar-refractivity contribution in [1.29, 1.82) is 0 Å². The predicted molar refractivity (Wildman–Crippen MR) is 72.5 cm³/mol. The summed E-state index contributed by atoms with van der Waals surface area (Å²) in [5.74, 6) is -0.416. The van der Waals surface area contributed by atoms with Crippen LogP contribution < -0.4 is 5.32 Å². The molecule has 1 aliphatic heterocycles. The van der Waals surface area contributed by atoms with E-state index in [1.54, 1.807) is 0 Å². The lowest BCUT2D eigenvalue weighted by atomic mass is 10.2. The van der Waals surface area contributed by atoms with E-state index < -0.39 is 30.6 Å². The van der Waals surface area contributed by atoms with Gasteiger partial charge >= 0.3 is 6.18 Å². The summed E-state index contributed by atoms with van der Waals surface area (Å²) in [7, 11) is 0. The second kappa shape index (κ2) is 5.78. The lowest BCUT2D eigenvalue weighted by Gasteiger charge is -2.18. The molecule has 1 saturated carbocycles. The number of alkyl halides is 3. The van der Waals surface area contributed by atoms with Crippen molar-refractivity contribution in [2.75, 3.05) is 13.1 Å². The Morgan fingerprint density at radius 3 is 2.74 bits per heavy atom. The van der Waals surface area contributed by atoms with Crippen LogP contribution in [0.4, 0.5) is 13.2 Å². The largest absolute Gasteiger partial charge is 0.406 e. The standard InChI is InChI=1S/C14H15F3N4O2/c15-14(16,17)7-21-6-4-10(13(21)23)20-12(22)9-3-5-18-11(19-9)8-1-2-8/h3,5,8,10H,1-2,4,6-7H2,(H,20,22). The Labute approximate surface area is 130 Å². The summed E-state index contributed by atoms with van der Waals surface area (Å²) in [6.07, 6.45) is -0.846. The summed E-state index contributed by atoms with van der Waals surface area (Å²) < 4.78 is 37.1. The summed E-state index contributed by atoms with van der Waals surface area (Å²) >= 11 is 0. The Hall–Kier alpha value is -2.19. The van der Waals surface area contributed by atoms with E-state index in [4.69, 9.17) is 0 Å². The van der Waals surface area contributed by atoms with Crippen LogP contribution in [0.15, 0.2) is 12.3 Å². The molecule has 1 aliphatic carbocycles. The summed E-state index contributed by atoms with van der Waals surface area (Å²) in [5.41, 5.74) is 0.129. The molecule has 1 aromatic heterocycles. The van der Waals surface area contributed by atoms with Gasteiger partial charge in [-0.25, -0.2) is 9.97 Å². The number of aromatic nitrogens is 2. The highest BCUT2D eigenvalue weighted by Gasteiger charge is 2.40. The van der Waals surface area contributed by atoms with Crippen LogP contribution in [0.25, 0.3) is 0 Å². The van der Waals surface area contributed by atoms with Gasteiger partial charge in [-0.05, 0) is 25.3 Å². The van der Waals surface area contributed by atoms with Crippen LogP contribution in [0.2, 0.25) is 0 Å². The van der Waals surface area contributed by atoms with Crippen molar-refractivity contribution in [3.63, 3.8) is 0 Å². The maximum atomic E-state index is 12.4. The number of halogens is 3. The van der Waals surface area contributed by atoms with Gasteiger partial charge in [0.2, 0.25) is 5.91 Å². The van der Waals surface area contributed by atoms with E-state index in [1.165, 1.54) is 12.3 Å². The van der Waals surface area contributed by atoms with Crippen LogP contribution in [-0.4, -0.2) is 52.0 Å². The van der Waals surface area contributed by atoms with E-state index in [0.29, 0.717) is 10.7 Å². The van der Waals surface area contributed by atoms with Crippen LogP contribution in [-0.2, 0) is 4.79 Å². The molecular formula is C14H15F3N4O2. The second-order valence-electron chi connectivity index (χ2n) is 5.76. The second-order valence-corrected chi connectivity index (χ2v) is 5.76. The van der Waals surface area contributed by atoms with Crippen LogP contribution in [0, 0.1) is 0 Å². The van der Waals surface area contributed by atoms with Crippen molar-refractivity contribution < 1.29 is 22.8 Å². The summed E-state index contributed by atoms with van der Waals surface area (Å²) in [6, 6.07) is 0.484. The highest BCUT2D eigenvalue weighted by atomic mass is 19.4. The lowest BCUT2D eigenvalue weighted by molar-refractivity contribution is -0.157. The van der Waals surface area contributed by atoms with E-state index in [1.807, 2.05) is 0 Å². The average Bonchev–Trinajstić information content (AvgIpc) is 3.28. The molecule has 23 heavy (non-hydrogen) atoms. The number of hydrogen-bond donors (Lipinski definition) is 1. The van der Waals surface area contributed by atoms with Gasteiger partial charge in [0, 0.05) is 18.7 Å². The van der Waals surface area contributed by atoms with Crippen LogP contribution in [0.5, 0.6) is 0 Å². The quantitative estimate of drug-likeness (QED) is 0.902. The first-order chi connectivity index (χ1) is 10.8. The number of hydrogen-bond acceptors (Lipinski definition) is 4. The number of carbonyl (C=O) groups is 2. The SMILES string of the molecule is O=C(NC1CCN(CC(F)(F)F)C1=O)c1ccnc(C2CC2)n1. The number of rotatable bonds is 4. The molecule has 6 nitrogen and oxygen atoms in total. The molecule has 1 atom stereocenters. The van der Waals surface area contributed by atoms with E-state index in [0.717, 1.165) is 12.8 Å². The number of nitrogens with zero attached hydrogens (tertiary/aromatic N) is 3. The van der Waals surface area contributed by atoms with Crippen LogP contribution in [0.1, 0.15) is 41.5 Å². The molecular weight excluding hydrogens is 313 g/mol. The number of likely N-dealkylation sites (tertiary alicyclic amines) is 1. The van der Waals surface area contributed by atoms with Gasteiger partial charge in [0.15, 0.2) is 0 Å². The normalized spacial score (nSPS) is 21.6. The van der Waals surface area contributed by atoms with Gasteiger partial charge in [0.1, 0.15) is 24.1 Å². The molecule has 0 aromatic carbocycles. The van der Waals surface area contributed by atoms with Crippen LogP contribution >= 0.6 is 0 Å². The fourth-order valence-corrected chi connectivity index (χ4v) is 2.52. The Morgan fingerprint density at radius 1 is 1.35 bits per heavy atom. The van der Waals surface area contributed by atoms with E-state index in [2.05, 4.69) is 15.3 Å². The van der Waals surface area contributed by atoms with Crippen molar-refractivity contribution in [1.82, 2.24) is 20.2 Å². The molecule has 2 heterocycles. The van der Waals surface area contributed by atoms with E-state index >= 15 is 0 Å². The molecule has 9 heteroatoms. The Bertz CT molecular complexity index is 631. The zero-order chi connectivity index (χ0) is 16.6. The van der Waals surface area contributed by atoms with Gasteiger partial charge in [-0.1, -0.05) is 0 Å². The summed E-state index contributed by atoms with van der Waals surface area (Å²) in [5, 5.41) is 2.46. The van der Waals surface area contributed by atoms with Crippen molar-refractivity contribution in [3.05, 3.63) is 23.8 Å². The minimum absolute atomic E-state index is 0.0274. The van der Waals surface area contributed by atoms with Crippen molar-refractivity contribution in [3.8, 4) is 0 Å². The molecule has 1 unspecified atom stereocenters. The predicted octanol–water partition coefficient (Wildman–Crippen LogP) is 1.25. The monoisotopic (exact) mass is 328 g/mol. The molecule has 3 rings (SSSR count). The lowest BCUT2D eigenvalue weighted by Crippen LogP contribution is -2.44. The van der Waals surface area contributed by atoms with Crippen LogP contribution in [0.3, 0.4) is 0 Å². The molecule has 1 N–H and O–H groups in total. The molecule has 1 aromatic rings. The maximum Gasteiger partial charge on any atom is 0.406 e. The summed E-state index contributed by atoms with van der Waals surface area (Å²) in [4.78, 5) is 33.0. The topological polar surface area (TPSA) is 75.2 Å². The Morgan fingerprint density at radius 2 is 2.09 bits per heavy atom. The molecule has 124 valence electrons. The van der Waals surface area contributed by atoms with Gasteiger partial charge < -0.3 is 10.2 Å². The highest BCUT2D eigenvalue weighted by molar-refractivity contribution is 5.96. The first-order valence-electron chi connectivity index (χ1n) is 7.33. The molecule has 2 aliphatic rings. The maximum absolute atomic E-state index is 12.4. The fourth-order valence-electron chi connectivity index (χ4n) is 2.52. The number of carbonyl (C=O) groups excluding carboxylic acids is 2. The zero-order valence-corrected chi connectivity index (χ0v) is 12.1. The van der Waals surface area contributed by atoms with Gasteiger partial charge in [-0.3, -0.25) is 9.59 Å². The van der Waals surface area contributed by atoms with Crippen molar-refractivity contribution >= 4 is 11.8 Å². The molecule has 2 fully saturated rings. The van der Waals surface area contributed by atoms with E-state index in [9.17, 15) is 22.8 Å². The smallest absolute Gasteiger partial charge is 0.339 e. The first kappa shape index (κ1) is 15.7. The average molecular weight is 328 g/mol. The van der Waals surface area contributed by atoms with Gasteiger partial charge in [-0.2, -0.15) is 13.2 Å². The van der Waals surface area contributed by atoms with Gasteiger partial charge in [0.05, 0.1) is 0 Å². The fraction of sp³-hybridized carbons (Fsp3) is 0.571.